The zero-order valence-corrected chi connectivity index (χ0v) is 16.2. The van der Waals surface area contributed by atoms with E-state index in [1.807, 2.05) is 37.5 Å². The van der Waals surface area contributed by atoms with Crippen molar-refractivity contribution >= 4 is 17.8 Å². The number of hydrogen-bond donors (Lipinski definition) is 2. The quantitative estimate of drug-likeness (QED) is 0.597. The van der Waals surface area contributed by atoms with Gasteiger partial charge < -0.3 is 24.9 Å². The second-order valence-corrected chi connectivity index (χ2v) is 7.28. The van der Waals surface area contributed by atoms with Gasteiger partial charge in [-0.25, -0.2) is 0 Å². The van der Waals surface area contributed by atoms with Crippen molar-refractivity contribution < 1.29 is 14.0 Å². The Hall–Kier alpha value is -2.51. The van der Waals surface area contributed by atoms with Crippen LogP contribution in [0.5, 0.6) is 0 Å². The molecule has 1 aliphatic heterocycles. The van der Waals surface area contributed by atoms with Crippen LogP contribution in [0.2, 0.25) is 0 Å². The molecule has 1 aromatic heterocycles. The number of nitrogens with one attached hydrogen (secondary N) is 2. The van der Waals surface area contributed by atoms with Gasteiger partial charge in [0.15, 0.2) is 5.96 Å². The van der Waals surface area contributed by atoms with E-state index in [-0.39, 0.29) is 36.5 Å². The highest BCUT2D eigenvalue weighted by atomic mass is 16.3. The number of carbonyl (C=O) groups is 2. The molecule has 1 saturated heterocycles. The summed E-state index contributed by atoms with van der Waals surface area (Å²) in [4.78, 5) is 32.6. The van der Waals surface area contributed by atoms with Gasteiger partial charge in [0, 0.05) is 19.6 Å². The Bertz CT molecular complexity index is 652. The van der Waals surface area contributed by atoms with Crippen molar-refractivity contribution in [3.8, 4) is 0 Å². The second-order valence-electron chi connectivity index (χ2n) is 7.28. The average Bonchev–Trinajstić information content (AvgIpc) is 3.05. The Morgan fingerprint density at radius 3 is 2.65 bits per heavy atom. The number of nitrogens with zero attached hydrogens (tertiary/aromatic N) is 3. The molecular formula is C18H29N5O3. The maximum Gasteiger partial charge on any atom is 0.242 e. The van der Waals surface area contributed by atoms with E-state index in [1.54, 1.807) is 25.4 Å². The largest absolute Gasteiger partial charge is 0.467 e. The van der Waals surface area contributed by atoms with Gasteiger partial charge in [-0.05, 0) is 39.8 Å². The Morgan fingerprint density at radius 2 is 2.12 bits per heavy atom. The van der Waals surface area contributed by atoms with Crippen molar-refractivity contribution in [1.29, 1.82) is 0 Å². The predicted octanol–water partition coefficient (Wildman–Crippen LogP) is 0.802. The van der Waals surface area contributed by atoms with Crippen molar-refractivity contribution in [1.82, 2.24) is 20.4 Å². The fourth-order valence-corrected chi connectivity index (χ4v) is 3.47. The van der Waals surface area contributed by atoms with Gasteiger partial charge in [0.05, 0.1) is 31.4 Å². The van der Waals surface area contributed by atoms with Crippen molar-refractivity contribution in [3.63, 3.8) is 0 Å². The van der Waals surface area contributed by atoms with E-state index < -0.39 is 0 Å². The minimum absolute atomic E-state index is 0.0569. The van der Waals surface area contributed by atoms with E-state index in [2.05, 4.69) is 15.6 Å². The van der Waals surface area contributed by atoms with Gasteiger partial charge in [-0.3, -0.25) is 14.6 Å². The van der Waals surface area contributed by atoms with Crippen LogP contribution in [0.25, 0.3) is 0 Å². The van der Waals surface area contributed by atoms with Crippen molar-refractivity contribution in [2.45, 2.75) is 45.8 Å². The predicted molar refractivity (Wildman–Crippen MR) is 99.6 cm³/mol. The SMILES string of the molecule is CN=C(NCC(=O)NCc1ccco1)N1CC(=O)N(C(C)C)C(C)(C)C1. The van der Waals surface area contributed by atoms with Gasteiger partial charge >= 0.3 is 0 Å². The van der Waals surface area contributed by atoms with E-state index in [9.17, 15) is 9.59 Å². The molecule has 1 aliphatic rings. The molecule has 8 nitrogen and oxygen atoms in total. The number of amides is 2. The summed E-state index contributed by atoms with van der Waals surface area (Å²) < 4.78 is 5.18. The van der Waals surface area contributed by atoms with Gasteiger partial charge in [0.2, 0.25) is 11.8 Å². The molecular weight excluding hydrogens is 334 g/mol. The highest BCUT2D eigenvalue weighted by Gasteiger charge is 2.40. The maximum atomic E-state index is 12.6. The van der Waals surface area contributed by atoms with Gasteiger partial charge in [0.1, 0.15) is 5.76 Å². The van der Waals surface area contributed by atoms with Crippen LogP contribution in [0.15, 0.2) is 27.8 Å². The zero-order valence-electron chi connectivity index (χ0n) is 16.2. The van der Waals surface area contributed by atoms with Gasteiger partial charge in [0.25, 0.3) is 0 Å². The lowest BCUT2D eigenvalue weighted by molar-refractivity contribution is -0.145. The summed E-state index contributed by atoms with van der Waals surface area (Å²) in [5.74, 6) is 1.12. The third kappa shape index (κ3) is 4.77. The van der Waals surface area contributed by atoms with E-state index in [0.29, 0.717) is 24.8 Å². The van der Waals surface area contributed by atoms with Crippen LogP contribution in [0.1, 0.15) is 33.5 Å². The number of furan rings is 1. The van der Waals surface area contributed by atoms with Gasteiger partial charge in [-0.1, -0.05) is 0 Å². The first-order valence-electron chi connectivity index (χ1n) is 8.81. The summed E-state index contributed by atoms with van der Waals surface area (Å²) in [5, 5.41) is 5.80. The van der Waals surface area contributed by atoms with Crippen LogP contribution < -0.4 is 10.6 Å². The van der Waals surface area contributed by atoms with Gasteiger partial charge in [-0.2, -0.15) is 0 Å². The first-order valence-corrected chi connectivity index (χ1v) is 8.81. The molecule has 0 radical (unpaired) electrons. The number of piperazine rings is 1. The summed E-state index contributed by atoms with van der Waals surface area (Å²) in [6.07, 6.45) is 1.57. The van der Waals surface area contributed by atoms with Crippen LogP contribution in [0, 0.1) is 0 Å². The normalized spacial score (nSPS) is 17.6. The second kappa shape index (κ2) is 8.25. The minimum atomic E-state index is -0.317. The first kappa shape index (κ1) is 19.8. The number of guanidine groups is 1. The standard InChI is InChI=1S/C18H29N5O3/c1-13(2)23-16(25)11-22(12-18(23,3)4)17(19-5)21-10-15(24)20-9-14-7-6-8-26-14/h6-8,13H,9-12H2,1-5H3,(H,19,21)(H,20,24). The van der Waals surface area contributed by atoms with E-state index >= 15 is 0 Å². The topological polar surface area (TPSA) is 90.2 Å². The molecule has 2 amide bonds. The molecule has 0 bridgehead atoms. The monoisotopic (exact) mass is 363 g/mol. The molecule has 0 unspecified atom stereocenters. The third-order valence-electron chi connectivity index (χ3n) is 4.30. The number of aliphatic imine (C=N–C) groups is 1. The van der Waals surface area contributed by atoms with Crippen molar-refractivity contribution in [2.24, 2.45) is 4.99 Å². The van der Waals surface area contributed by atoms with Gasteiger partial charge in [-0.15, -0.1) is 0 Å². The summed E-state index contributed by atoms with van der Waals surface area (Å²) in [6.45, 7) is 9.43. The lowest BCUT2D eigenvalue weighted by atomic mass is 9.96. The number of carbonyl (C=O) groups excluding carboxylic acids is 2. The molecule has 2 rings (SSSR count). The summed E-state index contributed by atoms with van der Waals surface area (Å²) in [7, 11) is 1.65. The number of rotatable bonds is 5. The molecule has 0 saturated carbocycles. The molecule has 26 heavy (non-hydrogen) atoms. The van der Waals surface area contributed by atoms with Crippen molar-refractivity contribution in [2.75, 3.05) is 26.7 Å². The van der Waals surface area contributed by atoms with Crippen LogP contribution >= 0.6 is 0 Å². The Morgan fingerprint density at radius 1 is 1.38 bits per heavy atom. The Balaban J connectivity index is 1.90. The molecule has 1 fully saturated rings. The van der Waals surface area contributed by atoms with E-state index in [4.69, 9.17) is 4.42 Å². The van der Waals surface area contributed by atoms with Crippen LogP contribution in [-0.2, 0) is 16.1 Å². The molecule has 2 heterocycles. The maximum absolute atomic E-state index is 12.6. The molecule has 0 aromatic carbocycles. The lowest BCUT2D eigenvalue weighted by Crippen LogP contribution is -2.66. The zero-order chi connectivity index (χ0) is 19.3. The number of hydrogen-bond acceptors (Lipinski definition) is 4. The average molecular weight is 363 g/mol. The summed E-state index contributed by atoms with van der Waals surface area (Å²) in [6, 6.07) is 3.72. The highest BCUT2D eigenvalue weighted by molar-refractivity contribution is 5.90. The highest BCUT2D eigenvalue weighted by Crippen LogP contribution is 2.24. The molecule has 8 heteroatoms. The van der Waals surface area contributed by atoms with E-state index in [0.717, 1.165) is 0 Å². The van der Waals surface area contributed by atoms with Crippen LogP contribution in [-0.4, -0.2) is 65.8 Å². The summed E-state index contributed by atoms with van der Waals surface area (Å²) in [5.41, 5.74) is -0.317. The Labute approximate surface area is 154 Å². The molecule has 0 aliphatic carbocycles. The minimum Gasteiger partial charge on any atom is -0.467 e. The fraction of sp³-hybridized carbons (Fsp3) is 0.611. The molecule has 2 N–H and O–H groups in total. The lowest BCUT2D eigenvalue weighted by Gasteiger charge is -2.49. The first-order chi connectivity index (χ1) is 12.2. The van der Waals surface area contributed by atoms with Crippen LogP contribution in [0.4, 0.5) is 0 Å². The molecule has 0 spiro atoms. The summed E-state index contributed by atoms with van der Waals surface area (Å²) >= 11 is 0. The van der Waals surface area contributed by atoms with Crippen molar-refractivity contribution in [3.05, 3.63) is 24.2 Å². The molecule has 144 valence electrons. The molecule has 1 aromatic rings. The Kier molecular flexibility index (Phi) is 6.28. The third-order valence-corrected chi connectivity index (χ3v) is 4.30. The molecule has 0 atom stereocenters. The fourth-order valence-electron chi connectivity index (χ4n) is 3.47. The van der Waals surface area contributed by atoms with E-state index in [1.165, 1.54) is 0 Å². The smallest absolute Gasteiger partial charge is 0.242 e. The van der Waals surface area contributed by atoms with Crippen LogP contribution in [0.3, 0.4) is 0 Å².